The van der Waals surface area contributed by atoms with E-state index in [1.165, 1.54) is 70.8 Å². The summed E-state index contributed by atoms with van der Waals surface area (Å²) >= 11 is 0. The lowest BCUT2D eigenvalue weighted by Crippen LogP contribution is -2.44. The van der Waals surface area contributed by atoms with Crippen LogP contribution < -0.4 is 0 Å². The van der Waals surface area contributed by atoms with Crippen LogP contribution in [0.25, 0.3) is 0 Å². The van der Waals surface area contributed by atoms with Crippen LogP contribution in [-0.2, 0) is 0 Å². The minimum atomic E-state index is 0.750. The Morgan fingerprint density at radius 3 is 1.88 bits per heavy atom. The van der Waals surface area contributed by atoms with Crippen molar-refractivity contribution in [2.24, 2.45) is 5.92 Å². The Bertz CT molecular complexity index is 200. The molecule has 0 amide bonds. The molecule has 0 aromatic carbocycles. The first kappa shape index (κ1) is 13.4. The van der Waals surface area contributed by atoms with E-state index in [0.717, 1.165) is 18.0 Å². The fourth-order valence-electron chi connectivity index (χ4n) is 3.86. The van der Waals surface area contributed by atoms with Crippen molar-refractivity contribution in [2.45, 2.75) is 90.1 Å². The average Bonchev–Trinajstić information content (AvgIpc) is 2.38. The molecule has 100 valence electrons. The number of hydrogen-bond acceptors (Lipinski definition) is 1. The second-order valence-electron chi connectivity index (χ2n) is 6.59. The Morgan fingerprint density at radius 2 is 1.35 bits per heavy atom. The molecule has 1 nitrogen and oxygen atoms in total. The summed E-state index contributed by atoms with van der Waals surface area (Å²) in [7, 11) is 0. The standard InChI is InChI=1S/C16H31N/c1-14(2)17(16-11-7-4-8-12-16)13-15-9-5-3-6-10-15/h14-16H,3-13H2,1-2H3. The van der Waals surface area contributed by atoms with Crippen LogP contribution in [0.1, 0.15) is 78.1 Å². The van der Waals surface area contributed by atoms with E-state index in [1.807, 2.05) is 0 Å². The van der Waals surface area contributed by atoms with Crippen LogP contribution >= 0.6 is 0 Å². The van der Waals surface area contributed by atoms with Crippen LogP contribution in [-0.4, -0.2) is 23.5 Å². The Balaban J connectivity index is 1.86. The summed E-state index contributed by atoms with van der Waals surface area (Å²) in [4.78, 5) is 2.84. The SMILES string of the molecule is CC(C)N(CC1CCCCC1)C1CCCCC1. The molecule has 0 unspecified atom stereocenters. The third-order valence-corrected chi connectivity index (χ3v) is 4.90. The van der Waals surface area contributed by atoms with E-state index in [-0.39, 0.29) is 0 Å². The molecule has 2 rings (SSSR count). The third-order valence-electron chi connectivity index (χ3n) is 4.90. The van der Waals surface area contributed by atoms with Gasteiger partial charge in [0.1, 0.15) is 0 Å². The quantitative estimate of drug-likeness (QED) is 0.690. The van der Waals surface area contributed by atoms with Crippen LogP contribution in [0.5, 0.6) is 0 Å². The van der Waals surface area contributed by atoms with Crippen molar-refractivity contribution in [3.63, 3.8) is 0 Å². The first-order chi connectivity index (χ1) is 8.27. The zero-order valence-electron chi connectivity index (χ0n) is 12.0. The molecular weight excluding hydrogens is 206 g/mol. The summed E-state index contributed by atoms with van der Waals surface area (Å²) in [6.07, 6.45) is 14.8. The molecule has 2 aliphatic rings. The van der Waals surface area contributed by atoms with Gasteiger partial charge < -0.3 is 0 Å². The zero-order chi connectivity index (χ0) is 12.1. The fourth-order valence-corrected chi connectivity index (χ4v) is 3.86. The van der Waals surface area contributed by atoms with Gasteiger partial charge in [-0.25, -0.2) is 0 Å². The molecule has 0 bridgehead atoms. The van der Waals surface area contributed by atoms with Gasteiger partial charge in [0.25, 0.3) is 0 Å². The van der Waals surface area contributed by atoms with Crippen molar-refractivity contribution in [3.05, 3.63) is 0 Å². The van der Waals surface area contributed by atoms with Gasteiger partial charge in [0.15, 0.2) is 0 Å². The normalized spacial score (nSPS) is 24.7. The van der Waals surface area contributed by atoms with Crippen LogP contribution in [0.2, 0.25) is 0 Å². The maximum Gasteiger partial charge on any atom is 0.00980 e. The molecule has 2 saturated carbocycles. The van der Waals surface area contributed by atoms with Gasteiger partial charge in [0, 0.05) is 18.6 Å². The lowest BCUT2D eigenvalue weighted by atomic mass is 9.87. The lowest BCUT2D eigenvalue weighted by molar-refractivity contribution is 0.0900. The first-order valence-corrected chi connectivity index (χ1v) is 8.03. The summed E-state index contributed by atoms with van der Waals surface area (Å²) in [6, 6.07) is 1.66. The molecule has 2 aliphatic carbocycles. The van der Waals surface area contributed by atoms with Gasteiger partial charge in [0.2, 0.25) is 0 Å². The van der Waals surface area contributed by atoms with Crippen molar-refractivity contribution >= 4 is 0 Å². The minimum Gasteiger partial charge on any atom is -0.298 e. The molecule has 0 atom stereocenters. The van der Waals surface area contributed by atoms with E-state index in [1.54, 1.807) is 0 Å². The van der Waals surface area contributed by atoms with Crippen LogP contribution in [0, 0.1) is 5.92 Å². The second kappa shape index (κ2) is 6.78. The number of nitrogens with zero attached hydrogens (tertiary/aromatic N) is 1. The Kier molecular flexibility index (Phi) is 5.34. The zero-order valence-corrected chi connectivity index (χ0v) is 12.0. The van der Waals surface area contributed by atoms with Gasteiger partial charge in [-0.1, -0.05) is 38.5 Å². The maximum atomic E-state index is 2.84. The molecule has 0 N–H and O–H groups in total. The molecule has 0 aliphatic heterocycles. The highest BCUT2D eigenvalue weighted by Crippen LogP contribution is 2.29. The van der Waals surface area contributed by atoms with E-state index in [2.05, 4.69) is 18.7 Å². The third kappa shape index (κ3) is 3.98. The maximum absolute atomic E-state index is 2.84. The summed E-state index contributed by atoms with van der Waals surface area (Å²) in [5.74, 6) is 1.01. The van der Waals surface area contributed by atoms with Gasteiger partial charge in [-0.3, -0.25) is 4.90 Å². The Morgan fingerprint density at radius 1 is 0.824 bits per heavy atom. The molecule has 0 spiro atoms. The molecule has 2 fully saturated rings. The monoisotopic (exact) mass is 237 g/mol. The molecule has 0 aromatic heterocycles. The molecular formula is C16H31N. The highest BCUT2D eigenvalue weighted by atomic mass is 15.2. The van der Waals surface area contributed by atoms with E-state index >= 15 is 0 Å². The smallest absolute Gasteiger partial charge is 0.00980 e. The molecule has 0 radical (unpaired) electrons. The van der Waals surface area contributed by atoms with Crippen molar-refractivity contribution in [1.82, 2.24) is 4.90 Å². The van der Waals surface area contributed by atoms with Gasteiger partial charge in [-0.05, 0) is 45.4 Å². The molecule has 0 heterocycles. The van der Waals surface area contributed by atoms with Crippen LogP contribution in [0.3, 0.4) is 0 Å². The summed E-state index contributed by atoms with van der Waals surface area (Å²) < 4.78 is 0. The number of rotatable bonds is 4. The summed E-state index contributed by atoms with van der Waals surface area (Å²) in [5.41, 5.74) is 0. The van der Waals surface area contributed by atoms with E-state index in [9.17, 15) is 0 Å². The highest BCUT2D eigenvalue weighted by Gasteiger charge is 2.26. The van der Waals surface area contributed by atoms with Crippen molar-refractivity contribution in [1.29, 1.82) is 0 Å². The van der Waals surface area contributed by atoms with E-state index in [0.29, 0.717) is 0 Å². The predicted octanol–water partition coefficient (Wildman–Crippen LogP) is 4.61. The van der Waals surface area contributed by atoms with Gasteiger partial charge in [0.05, 0.1) is 0 Å². The van der Waals surface area contributed by atoms with E-state index < -0.39 is 0 Å². The van der Waals surface area contributed by atoms with Gasteiger partial charge in [-0.15, -0.1) is 0 Å². The summed E-state index contributed by atoms with van der Waals surface area (Å²) in [5, 5.41) is 0. The molecule has 0 aromatic rings. The van der Waals surface area contributed by atoms with Gasteiger partial charge in [-0.2, -0.15) is 0 Å². The minimum absolute atomic E-state index is 0.750. The van der Waals surface area contributed by atoms with Crippen molar-refractivity contribution < 1.29 is 0 Å². The second-order valence-corrected chi connectivity index (χ2v) is 6.59. The van der Waals surface area contributed by atoms with Crippen molar-refractivity contribution in [2.75, 3.05) is 6.54 Å². The van der Waals surface area contributed by atoms with E-state index in [4.69, 9.17) is 0 Å². The van der Waals surface area contributed by atoms with Gasteiger partial charge >= 0.3 is 0 Å². The fraction of sp³-hybridized carbons (Fsp3) is 1.00. The predicted molar refractivity (Wildman–Crippen MR) is 75.3 cm³/mol. The van der Waals surface area contributed by atoms with Crippen LogP contribution in [0.4, 0.5) is 0 Å². The number of hydrogen-bond donors (Lipinski definition) is 0. The Labute approximate surface area is 108 Å². The lowest BCUT2D eigenvalue weighted by Gasteiger charge is -2.40. The first-order valence-electron chi connectivity index (χ1n) is 8.03. The summed E-state index contributed by atoms with van der Waals surface area (Å²) in [6.45, 7) is 6.19. The molecule has 17 heavy (non-hydrogen) atoms. The highest BCUT2D eigenvalue weighted by molar-refractivity contribution is 4.81. The van der Waals surface area contributed by atoms with Crippen molar-refractivity contribution in [3.8, 4) is 0 Å². The largest absolute Gasteiger partial charge is 0.298 e. The van der Waals surface area contributed by atoms with Crippen LogP contribution in [0.15, 0.2) is 0 Å². The Hall–Kier alpha value is -0.0400. The molecule has 0 saturated heterocycles. The topological polar surface area (TPSA) is 3.24 Å². The average molecular weight is 237 g/mol. The molecule has 1 heteroatoms.